The van der Waals surface area contributed by atoms with E-state index in [1.54, 1.807) is 0 Å². The van der Waals surface area contributed by atoms with Crippen LogP contribution in [-0.2, 0) is 10.9 Å². The predicted octanol–water partition coefficient (Wildman–Crippen LogP) is 1.17. The number of pyridine rings is 1. The molecule has 5 nitrogen and oxygen atoms in total. The summed E-state index contributed by atoms with van der Waals surface area (Å²) in [5, 5.41) is 18.0. The number of hydrogen-bond donors (Lipinski definition) is 1. The van der Waals surface area contributed by atoms with Crippen LogP contribution in [0.2, 0.25) is 0 Å². The van der Waals surface area contributed by atoms with E-state index in [4.69, 9.17) is 15.1 Å². The van der Waals surface area contributed by atoms with Crippen LogP contribution in [0.15, 0.2) is 12.1 Å². The predicted molar refractivity (Wildman–Crippen MR) is 63.0 cm³/mol. The van der Waals surface area contributed by atoms with E-state index >= 15 is 0 Å². The topological polar surface area (TPSA) is 69.4 Å². The molecule has 1 fully saturated rings. The minimum absolute atomic E-state index is 0.0240. The van der Waals surface area contributed by atoms with E-state index < -0.39 is 18.0 Å². The van der Waals surface area contributed by atoms with Crippen LogP contribution < -0.4 is 4.90 Å². The Hall–Kier alpha value is -1.85. The molecule has 0 saturated carbocycles. The summed E-state index contributed by atoms with van der Waals surface area (Å²) in [6.45, 7) is 0.532. The van der Waals surface area contributed by atoms with Crippen LogP contribution in [0.3, 0.4) is 0 Å². The third kappa shape index (κ3) is 3.00. The number of anilines is 1. The molecule has 0 aromatic carbocycles. The van der Waals surface area contributed by atoms with Gasteiger partial charge in [0.25, 0.3) is 0 Å². The zero-order chi connectivity index (χ0) is 14.8. The maximum Gasteiger partial charge on any atom is 0.433 e. The Bertz CT molecular complexity index is 528. The number of aliphatic hydroxyl groups excluding tert-OH is 1. The van der Waals surface area contributed by atoms with Crippen LogP contribution in [0.4, 0.5) is 19.0 Å². The highest BCUT2D eigenvalue weighted by Gasteiger charge is 2.34. The molecule has 1 aliphatic rings. The van der Waals surface area contributed by atoms with Gasteiger partial charge in [-0.3, -0.25) is 0 Å². The fraction of sp³-hybridized carbons (Fsp3) is 0.500. The molecule has 1 unspecified atom stereocenters. The average Bonchev–Trinajstić information content (AvgIpc) is 2.45. The molecule has 8 heteroatoms. The van der Waals surface area contributed by atoms with E-state index in [-0.39, 0.29) is 31.1 Å². The first-order valence-electron chi connectivity index (χ1n) is 5.91. The number of morpholine rings is 1. The van der Waals surface area contributed by atoms with E-state index in [2.05, 4.69) is 4.98 Å². The fourth-order valence-corrected chi connectivity index (χ4v) is 1.96. The number of aromatic nitrogens is 1. The lowest BCUT2D eigenvalue weighted by Gasteiger charge is -2.33. The van der Waals surface area contributed by atoms with Gasteiger partial charge in [0.1, 0.15) is 17.6 Å². The van der Waals surface area contributed by atoms with Crippen molar-refractivity contribution >= 4 is 5.82 Å². The minimum Gasteiger partial charge on any atom is -0.394 e. The average molecular weight is 287 g/mol. The molecule has 20 heavy (non-hydrogen) atoms. The number of hydrogen-bond acceptors (Lipinski definition) is 5. The zero-order valence-corrected chi connectivity index (χ0v) is 10.4. The highest BCUT2D eigenvalue weighted by atomic mass is 19.4. The Balaban J connectivity index is 2.36. The van der Waals surface area contributed by atoms with Crippen molar-refractivity contribution in [3.63, 3.8) is 0 Å². The molecule has 108 valence electrons. The standard InChI is InChI=1S/C12H12F3N3O2/c13-12(14,15)10-2-1-8(5-16)11(17-10)18-3-4-20-9(6-18)7-19/h1-2,9,19H,3-4,6-7H2. The molecule has 1 aliphatic heterocycles. The van der Waals surface area contributed by atoms with Crippen LogP contribution in [0.1, 0.15) is 11.3 Å². The second-order valence-electron chi connectivity index (χ2n) is 4.30. The van der Waals surface area contributed by atoms with Gasteiger partial charge in [0.05, 0.1) is 24.9 Å². The van der Waals surface area contributed by atoms with Crippen molar-refractivity contribution in [2.45, 2.75) is 12.3 Å². The molecule has 1 atom stereocenters. The van der Waals surface area contributed by atoms with Crippen LogP contribution >= 0.6 is 0 Å². The number of ether oxygens (including phenoxy) is 1. The summed E-state index contributed by atoms with van der Waals surface area (Å²) in [6.07, 6.45) is -5.06. The lowest BCUT2D eigenvalue weighted by Crippen LogP contribution is -2.44. The number of halogens is 3. The summed E-state index contributed by atoms with van der Waals surface area (Å²) >= 11 is 0. The lowest BCUT2D eigenvalue weighted by molar-refractivity contribution is -0.141. The van der Waals surface area contributed by atoms with E-state index in [9.17, 15) is 13.2 Å². The van der Waals surface area contributed by atoms with Gasteiger partial charge in [-0.05, 0) is 12.1 Å². The summed E-state index contributed by atoms with van der Waals surface area (Å²) in [4.78, 5) is 5.07. The monoisotopic (exact) mass is 287 g/mol. The Morgan fingerprint density at radius 1 is 1.50 bits per heavy atom. The van der Waals surface area contributed by atoms with Crippen LogP contribution in [-0.4, -0.2) is 42.5 Å². The molecule has 1 saturated heterocycles. The molecule has 1 aromatic rings. The van der Waals surface area contributed by atoms with Gasteiger partial charge in [-0.15, -0.1) is 0 Å². The van der Waals surface area contributed by atoms with Crippen molar-refractivity contribution in [2.24, 2.45) is 0 Å². The van der Waals surface area contributed by atoms with Gasteiger partial charge in [0, 0.05) is 13.1 Å². The van der Waals surface area contributed by atoms with Gasteiger partial charge in [-0.25, -0.2) is 4.98 Å². The number of alkyl halides is 3. The molecule has 0 radical (unpaired) electrons. The first kappa shape index (κ1) is 14.6. The summed E-state index contributed by atoms with van der Waals surface area (Å²) in [5.74, 6) is -0.0240. The molecule has 0 bridgehead atoms. The number of nitriles is 1. The molecule has 0 amide bonds. The fourth-order valence-electron chi connectivity index (χ4n) is 1.96. The normalized spacial score (nSPS) is 19.8. The maximum absolute atomic E-state index is 12.7. The Labute approximate surface area is 113 Å². The summed E-state index contributed by atoms with van der Waals surface area (Å²) in [6, 6.07) is 3.72. The summed E-state index contributed by atoms with van der Waals surface area (Å²) < 4.78 is 43.3. The Kier molecular flexibility index (Phi) is 4.11. The largest absolute Gasteiger partial charge is 0.433 e. The maximum atomic E-state index is 12.7. The second kappa shape index (κ2) is 5.64. The van der Waals surface area contributed by atoms with Gasteiger partial charge in [0.2, 0.25) is 0 Å². The number of rotatable bonds is 2. The zero-order valence-electron chi connectivity index (χ0n) is 10.4. The lowest BCUT2D eigenvalue weighted by atomic mass is 10.2. The first-order valence-corrected chi connectivity index (χ1v) is 5.91. The van der Waals surface area contributed by atoms with Crippen LogP contribution in [0, 0.1) is 11.3 Å². The van der Waals surface area contributed by atoms with Crippen LogP contribution in [0.25, 0.3) is 0 Å². The molecular formula is C12H12F3N3O2. The van der Waals surface area contributed by atoms with Gasteiger partial charge in [0.15, 0.2) is 0 Å². The van der Waals surface area contributed by atoms with Crippen molar-refractivity contribution < 1.29 is 23.0 Å². The number of nitrogens with zero attached hydrogens (tertiary/aromatic N) is 3. The molecule has 0 aliphatic carbocycles. The van der Waals surface area contributed by atoms with E-state index in [0.717, 1.165) is 12.1 Å². The quantitative estimate of drug-likeness (QED) is 0.884. The Morgan fingerprint density at radius 2 is 2.25 bits per heavy atom. The van der Waals surface area contributed by atoms with Gasteiger partial charge in [-0.2, -0.15) is 18.4 Å². The SMILES string of the molecule is N#Cc1ccc(C(F)(F)F)nc1N1CCOC(CO)C1. The molecule has 1 N–H and O–H groups in total. The van der Waals surface area contributed by atoms with Crippen molar-refractivity contribution in [3.8, 4) is 6.07 Å². The summed E-state index contributed by atoms with van der Waals surface area (Å²) in [5.41, 5.74) is -0.977. The smallest absolute Gasteiger partial charge is 0.394 e. The van der Waals surface area contributed by atoms with Crippen molar-refractivity contribution in [1.29, 1.82) is 5.26 Å². The summed E-state index contributed by atoms with van der Waals surface area (Å²) in [7, 11) is 0. The van der Waals surface area contributed by atoms with E-state index in [0.29, 0.717) is 6.54 Å². The van der Waals surface area contributed by atoms with Crippen LogP contribution in [0.5, 0.6) is 0 Å². The van der Waals surface area contributed by atoms with E-state index in [1.165, 1.54) is 4.90 Å². The molecule has 2 heterocycles. The van der Waals surface area contributed by atoms with Crippen molar-refractivity contribution in [1.82, 2.24) is 4.98 Å². The first-order chi connectivity index (χ1) is 9.45. The molecular weight excluding hydrogens is 275 g/mol. The third-order valence-electron chi connectivity index (χ3n) is 2.93. The molecule has 2 rings (SSSR count). The van der Waals surface area contributed by atoms with Crippen molar-refractivity contribution in [2.75, 3.05) is 31.2 Å². The minimum atomic E-state index is -4.56. The highest BCUT2D eigenvalue weighted by Crippen LogP contribution is 2.30. The van der Waals surface area contributed by atoms with Gasteiger partial charge >= 0.3 is 6.18 Å². The van der Waals surface area contributed by atoms with Gasteiger partial charge < -0.3 is 14.7 Å². The molecule has 0 spiro atoms. The third-order valence-corrected chi connectivity index (χ3v) is 2.93. The molecule has 1 aromatic heterocycles. The van der Waals surface area contributed by atoms with E-state index in [1.807, 2.05) is 6.07 Å². The number of aliphatic hydroxyl groups is 1. The van der Waals surface area contributed by atoms with Gasteiger partial charge in [-0.1, -0.05) is 0 Å². The second-order valence-corrected chi connectivity index (χ2v) is 4.30. The highest BCUT2D eigenvalue weighted by molar-refractivity contribution is 5.55. The van der Waals surface area contributed by atoms with Crippen molar-refractivity contribution in [3.05, 3.63) is 23.4 Å². The Morgan fingerprint density at radius 3 is 2.85 bits per heavy atom.